The smallest absolute Gasteiger partial charge is 0.193 e. The van der Waals surface area contributed by atoms with Gasteiger partial charge in [-0.2, -0.15) is 0 Å². The average molecular weight is 522 g/mol. The van der Waals surface area contributed by atoms with E-state index in [-0.39, 0.29) is 17.3 Å². The molecule has 4 aromatic rings. The summed E-state index contributed by atoms with van der Waals surface area (Å²) in [6.45, 7) is 4.14. The Bertz CT molecular complexity index is 1430. The minimum absolute atomic E-state index is 0.0668. The number of aryl methyl sites for hydroxylation is 1. The summed E-state index contributed by atoms with van der Waals surface area (Å²) in [6.07, 6.45) is 4.35. The molecule has 0 bridgehead atoms. The van der Waals surface area contributed by atoms with Crippen molar-refractivity contribution in [3.63, 3.8) is 0 Å². The molecule has 1 aliphatic heterocycles. The fourth-order valence-corrected chi connectivity index (χ4v) is 5.70. The van der Waals surface area contributed by atoms with Gasteiger partial charge in [0.1, 0.15) is 0 Å². The van der Waals surface area contributed by atoms with Crippen LogP contribution in [0.2, 0.25) is 0 Å². The van der Waals surface area contributed by atoms with Crippen molar-refractivity contribution in [2.24, 2.45) is 0 Å². The Balaban J connectivity index is 1.17. The lowest BCUT2D eigenvalue weighted by Gasteiger charge is -2.28. The molecule has 0 spiro atoms. The van der Waals surface area contributed by atoms with E-state index in [4.69, 9.17) is 0 Å². The predicted octanol–water partition coefficient (Wildman–Crippen LogP) is 7.13. The molecule has 192 valence electrons. The summed E-state index contributed by atoms with van der Waals surface area (Å²) in [5.74, 6) is 0.0744. The zero-order valence-electron chi connectivity index (χ0n) is 21.6. The number of carbonyl (C=O) groups is 3. The minimum Gasteiger partial charge on any atom is -0.372 e. The quantitative estimate of drug-likeness (QED) is 0.220. The summed E-state index contributed by atoms with van der Waals surface area (Å²) < 4.78 is 0. The van der Waals surface area contributed by atoms with Gasteiger partial charge in [-0.15, -0.1) is 11.3 Å². The molecule has 2 heterocycles. The fourth-order valence-electron chi connectivity index (χ4n) is 4.86. The van der Waals surface area contributed by atoms with E-state index in [0.717, 1.165) is 34.7 Å². The molecule has 38 heavy (non-hydrogen) atoms. The summed E-state index contributed by atoms with van der Waals surface area (Å²) >= 11 is 1.46. The van der Waals surface area contributed by atoms with Crippen LogP contribution in [0.5, 0.6) is 0 Å². The second-order valence-electron chi connectivity index (χ2n) is 10.0. The first kappa shape index (κ1) is 25.8. The van der Waals surface area contributed by atoms with Gasteiger partial charge in [-0.05, 0) is 78.6 Å². The van der Waals surface area contributed by atoms with Crippen molar-refractivity contribution in [1.82, 2.24) is 0 Å². The standard InChI is InChI=1S/C33H31NO3S/c1-23-19-32(38-22-23)31(36)21-25-7-11-28(12-8-25)33(37)27-9-5-24(6-10-27)20-30(35)26-13-15-29(16-14-26)34-17-3-2-4-18-34/h5-16,19,22H,2-4,17-18,20-21H2,1H3. The molecule has 0 radical (unpaired) electrons. The summed E-state index contributed by atoms with van der Waals surface area (Å²) in [6, 6.07) is 24.3. The Kier molecular flexibility index (Phi) is 7.94. The van der Waals surface area contributed by atoms with Crippen molar-refractivity contribution < 1.29 is 14.4 Å². The van der Waals surface area contributed by atoms with Gasteiger partial charge in [0.15, 0.2) is 17.3 Å². The van der Waals surface area contributed by atoms with E-state index in [0.29, 0.717) is 29.5 Å². The Morgan fingerprint density at radius 1 is 0.684 bits per heavy atom. The Hall–Kier alpha value is -3.83. The van der Waals surface area contributed by atoms with Crippen LogP contribution in [-0.2, 0) is 12.8 Å². The molecule has 1 aliphatic rings. The van der Waals surface area contributed by atoms with Gasteiger partial charge in [0.25, 0.3) is 0 Å². The molecule has 1 saturated heterocycles. The number of carbonyl (C=O) groups excluding carboxylic acids is 3. The number of thiophene rings is 1. The number of hydrogen-bond acceptors (Lipinski definition) is 5. The summed E-state index contributed by atoms with van der Waals surface area (Å²) in [7, 11) is 0. The highest BCUT2D eigenvalue weighted by molar-refractivity contribution is 7.12. The third-order valence-electron chi connectivity index (χ3n) is 7.08. The highest BCUT2D eigenvalue weighted by Crippen LogP contribution is 2.22. The van der Waals surface area contributed by atoms with Gasteiger partial charge in [-0.1, -0.05) is 48.5 Å². The van der Waals surface area contributed by atoms with Gasteiger partial charge in [-0.3, -0.25) is 14.4 Å². The largest absolute Gasteiger partial charge is 0.372 e. The van der Waals surface area contributed by atoms with Crippen LogP contribution in [0.4, 0.5) is 5.69 Å². The molecule has 5 rings (SSSR count). The van der Waals surface area contributed by atoms with Crippen LogP contribution in [0, 0.1) is 6.92 Å². The maximum atomic E-state index is 13.0. The summed E-state index contributed by atoms with van der Waals surface area (Å²) in [5, 5.41) is 1.98. The first-order chi connectivity index (χ1) is 18.5. The first-order valence-electron chi connectivity index (χ1n) is 13.2. The number of rotatable bonds is 9. The van der Waals surface area contributed by atoms with Crippen LogP contribution in [0.25, 0.3) is 0 Å². The molecule has 1 fully saturated rings. The molecule has 3 aromatic carbocycles. The van der Waals surface area contributed by atoms with Crippen molar-refractivity contribution in [3.05, 3.63) is 123 Å². The van der Waals surface area contributed by atoms with E-state index in [1.807, 2.05) is 66.9 Å². The topological polar surface area (TPSA) is 54.5 Å². The van der Waals surface area contributed by atoms with Gasteiger partial charge in [0.2, 0.25) is 0 Å². The monoisotopic (exact) mass is 521 g/mol. The predicted molar refractivity (Wildman–Crippen MR) is 154 cm³/mol. The highest BCUT2D eigenvalue weighted by atomic mass is 32.1. The van der Waals surface area contributed by atoms with E-state index in [2.05, 4.69) is 4.90 Å². The Morgan fingerprint density at radius 3 is 1.74 bits per heavy atom. The number of hydrogen-bond donors (Lipinski definition) is 0. The van der Waals surface area contributed by atoms with Crippen LogP contribution in [0.15, 0.2) is 84.2 Å². The van der Waals surface area contributed by atoms with Crippen LogP contribution in [-0.4, -0.2) is 30.4 Å². The Labute approximate surface area is 227 Å². The SMILES string of the molecule is Cc1csc(C(=O)Cc2ccc(C(=O)c3ccc(CC(=O)c4ccc(N5CCCCC5)cc4)cc3)cc2)c1. The zero-order chi connectivity index (χ0) is 26.5. The molecule has 0 atom stereocenters. The number of ketones is 3. The second kappa shape index (κ2) is 11.7. The number of piperidine rings is 1. The normalized spacial score (nSPS) is 13.3. The zero-order valence-corrected chi connectivity index (χ0v) is 22.4. The van der Waals surface area contributed by atoms with Crippen molar-refractivity contribution >= 4 is 34.4 Å². The van der Waals surface area contributed by atoms with E-state index in [9.17, 15) is 14.4 Å². The lowest BCUT2D eigenvalue weighted by Crippen LogP contribution is -2.29. The van der Waals surface area contributed by atoms with Gasteiger partial charge >= 0.3 is 0 Å². The Morgan fingerprint density at radius 2 is 1.21 bits per heavy atom. The molecule has 0 unspecified atom stereocenters. The molecule has 0 aliphatic carbocycles. The van der Waals surface area contributed by atoms with E-state index < -0.39 is 0 Å². The molecule has 1 aromatic heterocycles. The molecule has 4 nitrogen and oxygen atoms in total. The van der Waals surface area contributed by atoms with E-state index >= 15 is 0 Å². The third-order valence-corrected chi connectivity index (χ3v) is 8.17. The lowest BCUT2D eigenvalue weighted by atomic mass is 9.97. The van der Waals surface area contributed by atoms with E-state index in [1.165, 1.54) is 36.3 Å². The maximum absolute atomic E-state index is 13.0. The van der Waals surface area contributed by atoms with E-state index in [1.54, 1.807) is 24.3 Å². The van der Waals surface area contributed by atoms with Gasteiger partial charge in [-0.25, -0.2) is 0 Å². The first-order valence-corrected chi connectivity index (χ1v) is 14.0. The number of benzene rings is 3. The van der Waals surface area contributed by atoms with Gasteiger partial charge < -0.3 is 4.90 Å². The van der Waals surface area contributed by atoms with Crippen LogP contribution >= 0.6 is 11.3 Å². The van der Waals surface area contributed by atoms with Crippen molar-refractivity contribution in [2.45, 2.75) is 39.0 Å². The molecule has 5 heteroatoms. The third kappa shape index (κ3) is 6.17. The highest BCUT2D eigenvalue weighted by Gasteiger charge is 2.14. The number of Topliss-reactive ketones (excluding diaryl/α,β-unsaturated/α-hetero) is 2. The van der Waals surface area contributed by atoms with Gasteiger partial charge in [0, 0.05) is 48.3 Å². The van der Waals surface area contributed by atoms with Crippen LogP contribution < -0.4 is 4.90 Å². The number of anilines is 1. The molecule has 0 saturated carbocycles. The second-order valence-corrected chi connectivity index (χ2v) is 10.9. The molecule has 0 amide bonds. The van der Waals surface area contributed by atoms with Crippen LogP contribution in [0.3, 0.4) is 0 Å². The van der Waals surface area contributed by atoms with Crippen LogP contribution in [0.1, 0.15) is 71.9 Å². The van der Waals surface area contributed by atoms with Crippen molar-refractivity contribution in [1.29, 1.82) is 0 Å². The number of nitrogens with zero attached hydrogens (tertiary/aromatic N) is 1. The average Bonchev–Trinajstić information content (AvgIpc) is 3.40. The van der Waals surface area contributed by atoms with Crippen molar-refractivity contribution in [2.75, 3.05) is 18.0 Å². The van der Waals surface area contributed by atoms with Gasteiger partial charge in [0.05, 0.1) is 4.88 Å². The molecular weight excluding hydrogens is 490 g/mol. The lowest BCUT2D eigenvalue weighted by molar-refractivity contribution is 0.0986. The maximum Gasteiger partial charge on any atom is 0.193 e. The fraction of sp³-hybridized carbons (Fsp3) is 0.242. The van der Waals surface area contributed by atoms with Crippen molar-refractivity contribution in [3.8, 4) is 0 Å². The summed E-state index contributed by atoms with van der Waals surface area (Å²) in [5.41, 5.74) is 5.90. The molecule has 0 N–H and O–H groups in total. The molecular formula is C33H31NO3S. The minimum atomic E-state index is -0.0806. The summed E-state index contributed by atoms with van der Waals surface area (Å²) in [4.78, 5) is 41.4.